The van der Waals surface area contributed by atoms with Crippen molar-refractivity contribution in [1.29, 1.82) is 0 Å². The number of halogens is 3. The van der Waals surface area contributed by atoms with Crippen molar-refractivity contribution in [2.24, 2.45) is 5.92 Å². The lowest BCUT2D eigenvalue weighted by Crippen LogP contribution is -2.28. The molecule has 1 aromatic heterocycles. The Kier molecular flexibility index (Phi) is 2.29. The lowest BCUT2D eigenvalue weighted by Gasteiger charge is -2.25. The Morgan fingerprint density at radius 2 is 2.00 bits per heavy atom. The summed E-state index contributed by atoms with van der Waals surface area (Å²) in [5.41, 5.74) is 0.283. The fraction of sp³-hybridized carbons (Fsp3) is 0.357. The van der Waals surface area contributed by atoms with Gasteiger partial charge in [-0.3, -0.25) is 0 Å². The predicted octanol–water partition coefficient (Wildman–Crippen LogP) is 3.48. The minimum absolute atomic E-state index is 0.115. The molecule has 1 aliphatic heterocycles. The number of aromatic amines is 1. The Hall–Kier alpha value is -1.56. The van der Waals surface area contributed by atoms with E-state index in [4.69, 9.17) is 12.2 Å². The molecule has 2 aromatic rings. The summed E-state index contributed by atoms with van der Waals surface area (Å²) in [5.74, 6) is -2.57. The third kappa shape index (κ3) is 1.43. The van der Waals surface area contributed by atoms with Gasteiger partial charge < -0.3 is 9.55 Å². The van der Waals surface area contributed by atoms with Gasteiger partial charge in [0.05, 0.1) is 0 Å². The second-order valence-corrected chi connectivity index (χ2v) is 6.04. The van der Waals surface area contributed by atoms with Gasteiger partial charge >= 0.3 is 0 Å². The molecule has 20 heavy (non-hydrogen) atoms. The Balaban J connectivity index is 1.88. The van der Waals surface area contributed by atoms with E-state index in [0.29, 0.717) is 24.2 Å². The van der Waals surface area contributed by atoms with Crippen molar-refractivity contribution in [3.8, 4) is 0 Å². The Morgan fingerprint density at radius 1 is 1.25 bits per heavy atom. The van der Waals surface area contributed by atoms with Crippen molar-refractivity contribution in [2.75, 3.05) is 0 Å². The van der Waals surface area contributed by atoms with E-state index in [1.165, 1.54) is 0 Å². The van der Waals surface area contributed by atoms with E-state index in [1.54, 1.807) is 0 Å². The van der Waals surface area contributed by atoms with Gasteiger partial charge in [0.25, 0.3) is 0 Å². The van der Waals surface area contributed by atoms with Crippen LogP contribution in [0.5, 0.6) is 0 Å². The summed E-state index contributed by atoms with van der Waals surface area (Å²) >= 11 is 5.18. The molecule has 0 saturated heterocycles. The molecule has 0 spiro atoms. The molecule has 1 N–H and O–H groups in total. The average Bonchev–Trinajstić information content (AvgIpc) is 3.03. The van der Waals surface area contributed by atoms with E-state index in [2.05, 4.69) is 4.98 Å². The normalized spacial score (nSPS) is 27.1. The van der Waals surface area contributed by atoms with Crippen LogP contribution in [0, 0.1) is 28.1 Å². The topological polar surface area (TPSA) is 20.7 Å². The van der Waals surface area contributed by atoms with E-state index in [0.717, 1.165) is 17.8 Å². The van der Waals surface area contributed by atoms with Gasteiger partial charge in [0.1, 0.15) is 5.82 Å². The number of fused-ring (bicyclic) bond motifs is 2. The van der Waals surface area contributed by atoms with Crippen molar-refractivity contribution >= 4 is 12.2 Å². The van der Waals surface area contributed by atoms with Crippen LogP contribution in [0.1, 0.15) is 17.7 Å². The fourth-order valence-electron chi connectivity index (χ4n) is 3.52. The summed E-state index contributed by atoms with van der Waals surface area (Å²) in [7, 11) is 0. The van der Waals surface area contributed by atoms with Crippen LogP contribution in [0.15, 0.2) is 18.3 Å². The maximum absolute atomic E-state index is 14.1. The molecule has 1 aliphatic carbocycles. The second-order valence-electron chi connectivity index (χ2n) is 5.65. The number of hydrogen-bond donors (Lipinski definition) is 1. The summed E-state index contributed by atoms with van der Waals surface area (Å²) in [4.78, 5) is 2.95. The number of hydrogen-bond acceptors (Lipinski definition) is 1. The number of rotatable bonds is 1. The molecule has 0 amide bonds. The number of aromatic nitrogens is 2. The van der Waals surface area contributed by atoms with Gasteiger partial charge in [0, 0.05) is 29.4 Å². The fourth-order valence-corrected chi connectivity index (χ4v) is 3.76. The quantitative estimate of drug-likeness (QED) is 0.631. The highest BCUT2D eigenvalue weighted by molar-refractivity contribution is 7.71. The third-order valence-corrected chi connectivity index (χ3v) is 4.96. The minimum atomic E-state index is -1.06. The molecule has 2 aliphatic rings. The van der Waals surface area contributed by atoms with Crippen LogP contribution < -0.4 is 0 Å². The molecule has 2 nitrogen and oxygen atoms in total. The minimum Gasteiger partial charge on any atom is -0.337 e. The molecule has 4 rings (SSSR count). The number of H-pyrrole nitrogens is 1. The Bertz CT molecular complexity index is 779. The van der Waals surface area contributed by atoms with Gasteiger partial charge in [-0.25, -0.2) is 13.2 Å². The lowest BCUT2D eigenvalue weighted by molar-refractivity contribution is 0.392. The lowest BCUT2D eigenvalue weighted by atomic mass is 9.88. The molecule has 6 heteroatoms. The van der Waals surface area contributed by atoms with E-state index in [-0.39, 0.29) is 11.5 Å². The second kappa shape index (κ2) is 3.75. The summed E-state index contributed by atoms with van der Waals surface area (Å²) < 4.78 is 44.0. The van der Waals surface area contributed by atoms with Crippen molar-refractivity contribution < 1.29 is 13.2 Å². The van der Waals surface area contributed by atoms with Crippen LogP contribution in [-0.2, 0) is 18.4 Å². The number of imidazole rings is 1. The molecule has 0 radical (unpaired) electrons. The summed E-state index contributed by atoms with van der Waals surface area (Å²) in [6.07, 6.45) is 3.21. The van der Waals surface area contributed by atoms with Crippen LogP contribution >= 0.6 is 12.2 Å². The van der Waals surface area contributed by atoms with Gasteiger partial charge in [0.2, 0.25) is 0 Å². The van der Waals surface area contributed by atoms with Gasteiger partial charge in [0.15, 0.2) is 16.4 Å². The Labute approximate surface area is 118 Å². The summed E-state index contributed by atoms with van der Waals surface area (Å²) in [6, 6.07) is 1.84. The first kappa shape index (κ1) is 12.2. The van der Waals surface area contributed by atoms with Gasteiger partial charge in [-0.1, -0.05) is 0 Å². The molecule has 2 atom stereocenters. The predicted molar refractivity (Wildman–Crippen MR) is 69.4 cm³/mol. The maximum Gasteiger partial charge on any atom is 0.177 e. The molecule has 1 unspecified atom stereocenters. The molecule has 2 heterocycles. The third-order valence-electron chi connectivity index (χ3n) is 4.62. The molecule has 1 fully saturated rings. The van der Waals surface area contributed by atoms with Crippen LogP contribution in [0.2, 0.25) is 0 Å². The van der Waals surface area contributed by atoms with Crippen molar-refractivity contribution in [1.82, 2.24) is 9.55 Å². The van der Waals surface area contributed by atoms with Gasteiger partial charge in [-0.15, -0.1) is 0 Å². The summed E-state index contributed by atoms with van der Waals surface area (Å²) in [5, 5.41) is 0. The van der Waals surface area contributed by atoms with Crippen molar-refractivity contribution in [3.63, 3.8) is 0 Å². The zero-order valence-corrected chi connectivity index (χ0v) is 11.2. The van der Waals surface area contributed by atoms with Crippen molar-refractivity contribution in [2.45, 2.75) is 24.8 Å². The van der Waals surface area contributed by atoms with Crippen LogP contribution in [0.25, 0.3) is 0 Å². The Morgan fingerprint density at radius 3 is 2.80 bits per heavy atom. The van der Waals surface area contributed by atoms with Crippen molar-refractivity contribution in [3.05, 3.63) is 51.8 Å². The highest BCUT2D eigenvalue weighted by Gasteiger charge is 2.60. The van der Waals surface area contributed by atoms with E-state index >= 15 is 0 Å². The highest BCUT2D eigenvalue weighted by atomic mass is 32.1. The molecular formula is C14H11F3N2S. The van der Waals surface area contributed by atoms with E-state index in [1.807, 2.05) is 10.8 Å². The standard InChI is InChI=1S/C14H11F3N2S/c15-9-1-2-10(16)12(17)11(9)14-4-7(14)3-8-5-18-13(20)19(8)6-14/h1-2,5,7H,3-4,6H2,(H,18,20)/t7?,14-/m0/s1. The maximum atomic E-state index is 14.1. The van der Waals surface area contributed by atoms with Gasteiger partial charge in [-0.2, -0.15) is 0 Å². The number of nitrogens with zero attached hydrogens (tertiary/aromatic N) is 1. The van der Waals surface area contributed by atoms with E-state index < -0.39 is 22.9 Å². The van der Waals surface area contributed by atoms with Crippen LogP contribution in [0.4, 0.5) is 13.2 Å². The van der Waals surface area contributed by atoms with E-state index in [9.17, 15) is 13.2 Å². The number of benzene rings is 1. The van der Waals surface area contributed by atoms with Crippen LogP contribution in [0.3, 0.4) is 0 Å². The average molecular weight is 296 g/mol. The monoisotopic (exact) mass is 296 g/mol. The molecule has 1 saturated carbocycles. The zero-order chi connectivity index (χ0) is 14.1. The summed E-state index contributed by atoms with van der Waals surface area (Å²) in [6.45, 7) is 0.409. The van der Waals surface area contributed by atoms with Gasteiger partial charge in [-0.05, 0) is 43.1 Å². The smallest absolute Gasteiger partial charge is 0.177 e. The first-order valence-corrected chi connectivity index (χ1v) is 6.85. The first-order valence-electron chi connectivity index (χ1n) is 6.44. The largest absolute Gasteiger partial charge is 0.337 e. The zero-order valence-electron chi connectivity index (χ0n) is 10.4. The molecule has 104 valence electrons. The molecular weight excluding hydrogens is 285 g/mol. The molecule has 1 aromatic carbocycles. The SMILES string of the molecule is Fc1ccc(F)c([C@]23CC2Cc2c[nH]c(=S)n2C3)c1F. The van der Waals surface area contributed by atoms with Crippen LogP contribution in [-0.4, -0.2) is 9.55 Å². The number of nitrogens with one attached hydrogen (secondary N) is 1. The molecule has 0 bridgehead atoms. The highest BCUT2D eigenvalue weighted by Crippen LogP contribution is 2.60. The first-order chi connectivity index (χ1) is 9.53.